The summed E-state index contributed by atoms with van der Waals surface area (Å²) in [6.45, 7) is 7.92. The number of nitrogens with one attached hydrogen (secondary N) is 1. The summed E-state index contributed by atoms with van der Waals surface area (Å²) in [5.41, 5.74) is -0.134. The number of pyridine rings is 1. The fourth-order valence-electron chi connectivity index (χ4n) is 3.16. The first-order valence-electron chi connectivity index (χ1n) is 10.6. The lowest BCUT2D eigenvalue weighted by atomic mass is 9.87. The molecular formula is C23H26F3N5O3. The van der Waals surface area contributed by atoms with E-state index in [0.717, 1.165) is 12.1 Å². The third-order valence-corrected chi connectivity index (χ3v) is 5.51. The maximum Gasteiger partial charge on any atom is 0.416 e. The summed E-state index contributed by atoms with van der Waals surface area (Å²) < 4.78 is 44.1. The molecule has 34 heavy (non-hydrogen) atoms. The molecular weight excluding hydrogens is 451 g/mol. The molecule has 0 saturated heterocycles. The topological polar surface area (TPSA) is 104 Å². The first-order valence-corrected chi connectivity index (χ1v) is 10.6. The average molecular weight is 477 g/mol. The number of carbonyl (C=O) groups is 1. The highest BCUT2D eigenvalue weighted by atomic mass is 19.4. The molecule has 0 aliphatic rings. The standard InChI is InChI=1S/C23H26F3N5O3/c1-14(22(2,3)4)31(21(32)33)13-11-18-29-30-20(34-18)17-6-5-12-27-19(17)28-16-9-7-15(8-10-16)23(24,25)26/h5-10,12,14H,11,13H2,1-4H3,(H,27,28)(H,32,33). The number of hydrogen-bond donors (Lipinski definition) is 2. The van der Waals surface area contributed by atoms with Crippen LogP contribution >= 0.6 is 0 Å². The number of hydrogen-bond acceptors (Lipinski definition) is 6. The molecule has 0 bridgehead atoms. The second kappa shape index (κ2) is 9.70. The van der Waals surface area contributed by atoms with E-state index in [0.29, 0.717) is 17.1 Å². The van der Waals surface area contributed by atoms with Crippen molar-refractivity contribution in [2.45, 2.75) is 46.3 Å². The molecule has 0 aliphatic heterocycles. The van der Waals surface area contributed by atoms with Crippen LogP contribution in [0.15, 0.2) is 47.0 Å². The number of benzene rings is 1. The summed E-state index contributed by atoms with van der Waals surface area (Å²) in [6, 6.07) is 7.67. The molecule has 1 amide bonds. The van der Waals surface area contributed by atoms with Crippen LogP contribution in [-0.2, 0) is 12.6 Å². The van der Waals surface area contributed by atoms with Crippen molar-refractivity contribution in [1.29, 1.82) is 0 Å². The van der Waals surface area contributed by atoms with Gasteiger partial charge in [-0.3, -0.25) is 0 Å². The van der Waals surface area contributed by atoms with Gasteiger partial charge in [0, 0.05) is 30.9 Å². The van der Waals surface area contributed by atoms with E-state index in [1.165, 1.54) is 23.2 Å². The quantitative estimate of drug-likeness (QED) is 0.440. The summed E-state index contributed by atoms with van der Waals surface area (Å²) in [7, 11) is 0. The van der Waals surface area contributed by atoms with Gasteiger partial charge in [0.1, 0.15) is 5.82 Å². The minimum absolute atomic E-state index is 0.156. The maximum absolute atomic E-state index is 12.8. The van der Waals surface area contributed by atoms with Gasteiger partial charge in [-0.2, -0.15) is 13.2 Å². The molecule has 3 rings (SSSR count). The maximum atomic E-state index is 12.8. The molecule has 3 aromatic rings. The fraction of sp³-hybridized carbons (Fsp3) is 0.391. The van der Waals surface area contributed by atoms with Gasteiger partial charge in [-0.1, -0.05) is 20.8 Å². The molecule has 1 atom stereocenters. The van der Waals surface area contributed by atoms with Crippen molar-refractivity contribution in [1.82, 2.24) is 20.1 Å². The van der Waals surface area contributed by atoms with Gasteiger partial charge in [0.05, 0.1) is 11.1 Å². The number of rotatable bonds is 7. The van der Waals surface area contributed by atoms with Crippen LogP contribution in [0.25, 0.3) is 11.5 Å². The van der Waals surface area contributed by atoms with Gasteiger partial charge in [-0.15, -0.1) is 10.2 Å². The van der Waals surface area contributed by atoms with Crippen LogP contribution in [0.1, 0.15) is 39.1 Å². The number of halogens is 3. The van der Waals surface area contributed by atoms with Gasteiger partial charge in [0.2, 0.25) is 5.89 Å². The monoisotopic (exact) mass is 477 g/mol. The summed E-state index contributed by atoms with van der Waals surface area (Å²) >= 11 is 0. The molecule has 0 saturated carbocycles. The normalized spacial score (nSPS) is 12.9. The van der Waals surface area contributed by atoms with Gasteiger partial charge in [-0.25, -0.2) is 9.78 Å². The van der Waals surface area contributed by atoms with E-state index in [1.807, 2.05) is 27.7 Å². The average Bonchev–Trinajstić information content (AvgIpc) is 3.22. The van der Waals surface area contributed by atoms with E-state index in [1.54, 1.807) is 12.1 Å². The molecule has 2 heterocycles. The van der Waals surface area contributed by atoms with Crippen LogP contribution in [0.2, 0.25) is 0 Å². The van der Waals surface area contributed by atoms with Crippen molar-refractivity contribution in [2.24, 2.45) is 5.41 Å². The van der Waals surface area contributed by atoms with E-state index in [4.69, 9.17) is 4.42 Å². The zero-order valence-corrected chi connectivity index (χ0v) is 19.2. The van der Waals surface area contributed by atoms with Gasteiger partial charge >= 0.3 is 12.3 Å². The summed E-state index contributed by atoms with van der Waals surface area (Å²) in [5, 5.41) is 20.6. The van der Waals surface area contributed by atoms with Crippen molar-refractivity contribution in [3.8, 4) is 11.5 Å². The number of amides is 1. The van der Waals surface area contributed by atoms with Gasteiger partial charge in [0.15, 0.2) is 0 Å². The Labute approximate surface area is 194 Å². The van der Waals surface area contributed by atoms with E-state index >= 15 is 0 Å². The van der Waals surface area contributed by atoms with Gasteiger partial charge < -0.3 is 19.7 Å². The van der Waals surface area contributed by atoms with Crippen molar-refractivity contribution in [3.63, 3.8) is 0 Å². The summed E-state index contributed by atoms with van der Waals surface area (Å²) in [6.07, 6.45) is -3.71. The highest BCUT2D eigenvalue weighted by Gasteiger charge is 2.31. The highest BCUT2D eigenvalue weighted by Crippen LogP contribution is 2.32. The first-order chi connectivity index (χ1) is 15.9. The zero-order valence-electron chi connectivity index (χ0n) is 19.2. The molecule has 2 aromatic heterocycles. The van der Waals surface area contributed by atoms with E-state index < -0.39 is 17.8 Å². The Kier molecular flexibility index (Phi) is 7.13. The smallest absolute Gasteiger partial charge is 0.416 e. The SMILES string of the molecule is CC(N(CCc1nnc(-c2cccnc2Nc2ccc(C(F)(F)F)cc2)o1)C(=O)O)C(C)(C)C. The number of alkyl halides is 3. The van der Waals surface area contributed by atoms with Crippen molar-refractivity contribution < 1.29 is 27.5 Å². The lowest BCUT2D eigenvalue weighted by molar-refractivity contribution is -0.137. The first kappa shape index (κ1) is 25.0. The molecule has 0 radical (unpaired) electrons. The molecule has 11 heteroatoms. The Morgan fingerprint density at radius 1 is 1.15 bits per heavy atom. The summed E-state index contributed by atoms with van der Waals surface area (Å²) in [5.74, 6) is 0.737. The Morgan fingerprint density at radius 3 is 2.41 bits per heavy atom. The van der Waals surface area contributed by atoms with Crippen molar-refractivity contribution in [2.75, 3.05) is 11.9 Å². The number of anilines is 2. The van der Waals surface area contributed by atoms with Crippen LogP contribution in [0.3, 0.4) is 0 Å². The molecule has 2 N–H and O–H groups in total. The molecule has 0 spiro atoms. The van der Waals surface area contributed by atoms with Crippen molar-refractivity contribution >= 4 is 17.6 Å². The third kappa shape index (κ3) is 6.03. The lowest BCUT2D eigenvalue weighted by Gasteiger charge is -2.35. The van der Waals surface area contributed by atoms with E-state index in [9.17, 15) is 23.1 Å². The third-order valence-electron chi connectivity index (χ3n) is 5.51. The van der Waals surface area contributed by atoms with Crippen LogP contribution in [0, 0.1) is 5.41 Å². The van der Waals surface area contributed by atoms with Gasteiger partial charge in [-0.05, 0) is 48.7 Å². The fourth-order valence-corrected chi connectivity index (χ4v) is 3.16. The number of nitrogens with zero attached hydrogens (tertiary/aromatic N) is 4. The lowest BCUT2D eigenvalue weighted by Crippen LogP contribution is -2.45. The minimum Gasteiger partial charge on any atom is -0.465 e. The van der Waals surface area contributed by atoms with Gasteiger partial charge in [0.25, 0.3) is 5.89 Å². The molecule has 8 nitrogen and oxygen atoms in total. The molecule has 0 fully saturated rings. The van der Waals surface area contributed by atoms with Crippen molar-refractivity contribution in [3.05, 3.63) is 54.0 Å². The Hall–Kier alpha value is -3.63. The largest absolute Gasteiger partial charge is 0.465 e. The van der Waals surface area contributed by atoms with Crippen LogP contribution in [0.5, 0.6) is 0 Å². The number of carboxylic acid groups (broad SMARTS) is 1. The van der Waals surface area contributed by atoms with E-state index in [2.05, 4.69) is 20.5 Å². The second-order valence-electron chi connectivity index (χ2n) is 8.87. The van der Waals surface area contributed by atoms with Crippen LogP contribution < -0.4 is 5.32 Å². The zero-order chi connectivity index (χ0) is 25.1. The molecule has 0 aliphatic carbocycles. The highest BCUT2D eigenvalue weighted by molar-refractivity contribution is 5.73. The second-order valence-corrected chi connectivity index (χ2v) is 8.87. The predicted molar refractivity (Wildman–Crippen MR) is 120 cm³/mol. The van der Waals surface area contributed by atoms with Crippen LogP contribution in [-0.4, -0.2) is 43.9 Å². The Morgan fingerprint density at radius 2 is 1.82 bits per heavy atom. The molecule has 182 valence electrons. The molecule has 1 unspecified atom stereocenters. The summed E-state index contributed by atoms with van der Waals surface area (Å²) in [4.78, 5) is 17.3. The minimum atomic E-state index is -4.42. The Bertz CT molecular complexity index is 1120. The Balaban J connectivity index is 1.75. The predicted octanol–water partition coefficient (Wildman–Crippen LogP) is 5.85. The number of aromatic nitrogens is 3. The van der Waals surface area contributed by atoms with Crippen LogP contribution in [0.4, 0.5) is 29.5 Å². The van der Waals surface area contributed by atoms with E-state index in [-0.39, 0.29) is 36.2 Å². The molecule has 1 aromatic carbocycles.